The maximum atomic E-state index is 9.99. The number of nitrogens with zero attached hydrogens (tertiary/aromatic N) is 1. The van der Waals surface area contributed by atoms with E-state index < -0.39 is 6.10 Å². The first-order chi connectivity index (χ1) is 7.18. The van der Waals surface area contributed by atoms with Crippen molar-refractivity contribution in [3.8, 4) is 0 Å². The van der Waals surface area contributed by atoms with Gasteiger partial charge in [0.05, 0.1) is 0 Å². The van der Waals surface area contributed by atoms with Gasteiger partial charge in [0.15, 0.2) is 0 Å². The lowest BCUT2D eigenvalue weighted by Gasteiger charge is -2.09. The second-order valence-electron chi connectivity index (χ2n) is 3.28. The zero-order valence-corrected chi connectivity index (χ0v) is 9.72. The number of aliphatic hydroxyl groups excluding tert-OH is 1. The third-order valence-corrected chi connectivity index (χ3v) is 3.43. The molecule has 1 aromatic heterocycles. The molecule has 0 saturated carbocycles. The molecule has 0 spiro atoms. The van der Waals surface area contributed by atoms with Crippen LogP contribution in [0.4, 0.5) is 0 Å². The first kappa shape index (κ1) is 10.6. The number of aromatic nitrogens is 1. The predicted octanol–water partition coefficient (Wildman–Crippen LogP) is 3.19. The van der Waals surface area contributed by atoms with Crippen molar-refractivity contribution in [2.24, 2.45) is 0 Å². The summed E-state index contributed by atoms with van der Waals surface area (Å²) >= 11 is 7.42. The van der Waals surface area contributed by atoms with Crippen molar-refractivity contribution in [2.45, 2.75) is 13.0 Å². The summed E-state index contributed by atoms with van der Waals surface area (Å²) in [5.74, 6) is 0. The molecule has 2 rings (SSSR count). The van der Waals surface area contributed by atoms with Gasteiger partial charge < -0.3 is 5.11 Å². The molecular formula is C11H10ClNOS. The van der Waals surface area contributed by atoms with E-state index in [1.807, 2.05) is 24.4 Å². The lowest BCUT2D eigenvalue weighted by atomic mass is 10.1. The molecular weight excluding hydrogens is 230 g/mol. The van der Waals surface area contributed by atoms with E-state index in [4.69, 9.17) is 11.6 Å². The van der Waals surface area contributed by atoms with Crippen LogP contribution in [0.15, 0.2) is 29.8 Å². The third-order valence-electron chi connectivity index (χ3n) is 2.20. The predicted molar refractivity (Wildman–Crippen MR) is 62.4 cm³/mol. The highest BCUT2D eigenvalue weighted by molar-refractivity contribution is 7.09. The Hall–Kier alpha value is -0.900. The van der Waals surface area contributed by atoms with Crippen LogP contribution in [-0.2, 0) is 0 Å². The lowest BCUT2D eigenvalue weighted by Crippen LogP contribution is -1.98. The Kier molecular flexibility index (Phi) is 3.05. The molecule has 1 atom stereocenters. The van der Waals surface area contributed by atoms with Crippen LogP contribution in [0.3, 0.4) is 0 Å². The fourth-order valence-electron chi connectivity index (χ4n) is 1.29. The molecule has 15 heavy (non-hydrogen) atoms. The van der Waals surface area contributed by atoms with Gasteiger partial charge in [-0.1, -0.05) is 23.7 Å². The quantitative estimate of drug-likeness (QED) is 0.873. The lowest BCUT2D eigenvalue weighted by molar-refractivity contribution is 0.220. The van der Waals surface area contributed by atoms with E-state index in [1.54, 1.807) is 12.3 Å². The normalized spacial score (nSPS) is 12.7. The number of thiazole rings is 1. The molecule has 0 aliphatic heterocycles. The maximum Gasteiger partial charge on any atom is 0.131 e. The number of hydrogen-bond donors (Lipinski definition) is 1. The van der Waals surface area contributed by atoms with E-state index in [2.05, 4.69) is 4.98 Å². The maximum absolute atomic E-state index is 9.99. The van der Waals surface area contributed by atoms with Crippen molar-refractivity contribution < 1.29 is 5.11 Å². The van der Waals surface area contributed by atoms with Crippen LogP contribution in [0.25, 0.3) is 0 Å². The summed E-state index contributed by atoms with van der Waals surface area (Å²) in [6.07, 6.45) is 1.00. The summed E-state index contributed by atoms with van der Waals surface area (Å²) in [6.45, 7) is 1.93. The highest BCUT2D eigenvalue weighted by Crippen LogP contribution is 2.26. The van der Waals surface area contributed by atoms with Crippen LogP contribution in [0, 0.1) is 6.92 Å². The van der Waals surface area contributed by atoms with E-state index in [0.717, 1.165) is 11.1 Å². The van der Waals surface area contributed by atoms with Gasteiger partial charge in [0, 0.05) is 16.6 Å². The molecule has 4 heteroatoms. The van der Waals surface area contributed by atoms with E-state index in [-0.39, 0.29) is 0 Å². The molecule has 0 radical (unpaired) electrons. The smallest absolute Gasteiger partial charge is 0.131 e. The number of hydrogen-bond acceptors (Lipinski definition) is 3. The van der Waals surface area contributed by atoms with Crippen molar-refractivity contribution in [3.63, 3.8) is 0 Å². The van der Waals surface area contributed by atoms with Crippen molar-refractivity contribution in [3.05, 3.63) is 50.9 Å². The highest BCUT2D eigenvalue weighted by Gasteiger charge is 2.13. The Labute approximate surface area is 97.2 Å². The van der Waals surface area contributed by atoms with Crippen LogP contribution in [0.5, 0.6) is 0 Å². The second kappa shape index (κ2) is 4.31. The largest absolute Gasteiger partial charge is 0.381 e. The minimum atomic E-state index is -0.678. The Bertz CT molecular complexity index is 456. The molecule has 0 amide bonds. The molecule has 1 heterocycles. The first-order valence-corrected chi connectivity index (χ1v) is 5.78. The fraction of sp³-hybridized carbons (Fsp3) is 0.182. The van der Waals surface area contributed by atoms with Crippen LogP contribution in [0.2, 0.25) is 5.02 Å². The monoisotopic (exact) mass is 239 g/mol. The van der Waals surface area contributed by atoms with Crippen LogP contribution < -0.4 is 0 Å². The van der Waals surface area contributed by atoms with Gasteiger partial charge in [0.25, 0.3) is 0 Å². The summed E-state index contributed by atoms with van der Waals surface area (Å²) in [7, 11) is 0. The zero-order chi connectivity index (χ0) is 10.8. The van der Waals surface area contributed by atoms with Gasteiger partial charge >= 0.3 is 0 Å². The standard InChI is InChI=1S/C11H10ClNOS/c1-7-2-3-8(6-9(7)12)10(14)11-13-4-5-15-11/h2-6,10,14H,1H3. The molecule has 1 unspecified atom stereocenters. The van der Waals surface area contributed by atoms with Gasteiger partial charge in [-0.05, 0) is 24.1 Å². The van der Waals surface area contributed by atoms with Gasteiger partial charge in [-0.15, -0.1) is 11.3 Å². The Balaban J connectivity index is 2.34. The molecule has 0 aliphatic rings. The van der Waals surface area contributed by atoms with Gasteiger partial charge in [0.1, 0.15) is 11.1 Å². The number of aliphatic hydroxyl groups is 1. The first-order valence-electron chi connectivity index (χ1n) is 4.52. The van der Waals surface area contributed by atoms with Crippen molar-refractivity contribution in [2.75, 3.05) is 0 Å². The fourth-order valence-corrected chi connectivity index (χ4v) is 2.13. The number of benzene rings is 1. The number of rotatable bonds is 2. The molecule has 1 aromatic carbocycles. The van der Waals surface area contributed by atoms with Crippen LogP contribution >= 0.6 is 22.9 Å². The molecule has 1 N–H and O–H groups in total. The minimum absolute atomic E-state index is 0.670. The topological polar surface area (TPSA) is 33.1 Å². The average Bonchev–Trinajstić information content (AvgIpc) is 2.74. The molecule has 78 valence electrons. The zero-order valence-electron chi connectivity index (χ0n) is 8.14. The van der Waals surface area contributed by atoms with Crippen molar-refractivity contribution >= 4 is 22.9 Å². The van der Waals surface area contributed by atoms with Crippen molar-refractivity contribution in [1.29, 1.82) is 0 Å². The van der Waals surface area contributed by atoms with Crippen LogP contribution in [0.1, 0.15) is 22.2 Å². The van der Waals surface area contributed by atoms with Gasteiger partial charge in [-0.25, -0.2) is 4.98 Å². The van der Waals surface area contributed by atoms with E-state index in [0.29, 0.717) is 10.0 Å². The highest BCUT2D eigenvalue weighted by atomic mass is 35.5. The number of aryl methyl sites for hydroxylation is 1. The summed E-state index contributed by atoms with van der Waals surface area (Å²) in [4.78, 5) is 4.07. The van der Waals surface area contributed by atoms with E-state index >= 15 is 0 Å². The Morgan fingerprint density at radius 2 is 2.27 bits per heavy atom. The SMILES string of the molecule is Cc1ccc(C(O)c2nccs2)cc1Cl. The molecule has 0 aliphatic carbocycles. The van der Waals surface area contributed by atoms with Crippen LogP contribution in [-0.4, -0.2) is 10.1 Å². The van der Waals surface area contributed by atoms with E-state index in [1.165, 1.54) is 11.3 Å². The van der Waals surface area contributed by atoms with Crippen molar-refractivity contribution in [1.82, 2.24) is 4.98 Å². The summed E-state index contributed by atoms with van der Waals surface area (Å²) in [5.41, 5.74) is 1.78. The minimum Gasteiger partial charge on any atom is -0.381 e. The molecule has 0 saturated heterocycles. The molecule has 2 nitrogen and oxygen atoms in total. The van der Waals surface area contributed by atoms with Gasteiger partial charge in [-0.2, -0.15) is 0 Å². The third kappa shape index (κ3) is 2.20. The second-order valence-corrected chi connectivity index (χ2v) is 4.61. The Morgan fingerprint density at radius 1 is 1.47 bits per heavy atom. The summed E-state index contributed by atoms with van der Waals surface area (Å²) in [6, 6.07) is 5.55. The van der Waals surface area contributed by atoms with Gasteiger partial charge in [-0.3, -0.25) is 0 Å². The molecule has 0 bridgehead atoms. The average molecular weight is 240 g/mol. The summed E-state index contributed by atoms with van der Waals surface area (Å²) in [5, 5.41) is 13.2. The van der Waals surface area contributed by atoms with Gasteiger partial charge in [0.2, 0.25) is 0 Å². The Morgan fingerprint density at radius 3 is 2.87 bits per heavy atom. The van der Waals surface area contributed by atoms with E-state index in [9.17, 15) is 5.11 Å². The summed E-state index contributed by atoms with van der Waals surface area (Å²) < 4.78 is 0. The molecule has 2 aromatic rings. The molecule has 0 fully saturated rings. The number of halogens is 1.